The molecule has 0 aliphatic carbocycles. The van der Waals surface area contributed by atoms with Crippen LogP contribution in [0.25, 0.3) is 11.2 Å². The number of nitrogens with zero attached hydrogens (tertiary/aromatic N) is 2. The number of hydrogen-bond donors (Lipinski definition) is 3. The highest BCUT2D eigenvalue weighted by Gasteiger charge is 2.13. The zero-order valence-electron chi connectivity index (χ0n) is 10.1. The summed E-state index contributed by atoms with van der Waals surface area (Å²) in [5.74, 6) is -0.0700. The van der Waals surface area contributed by atoms with Crippen LogP contribution in [0.1, 0.15) is 11.4 Å². The minimum Gasteiger partial charge on any atom is -0.369 e. The van der Waals surface area contributed by atoms with Gasteiger partial charge < -0.3 is 10.7 Å². The van der Waals surface area contributed by atoms with Crippen LogP contribution in [0, 0.1) is 5.82 Å². The number of hydrogen-bond acceptors (Lipinski definition) is 4. The number of H-pyrrole nitrogens is 2. The minimum atomic E-state index is -0.431. The van der Waals surface area contributed by atoms with Gasteiger partial charge in [0.05, 0.1) is 0 Å². The van der Waals surface area contributed by atoms with Crippen LogP contribution in [0.5, 0.6) is 0 Å². The molecule has 0 unspecified atom stereocenters. The molecule has 3 rings (SSSR count). The van der Waals surface area contributed by atoms with Gasteiger partial charge in [-0.3, -0.25) is 9.78 Å². The Kier molecular flexibility index (Phi) is 2.90. The van der Waals surface area contributed by atoms with Gasteiger partial charge in [0, 0.05) is 17.0 Å². The first-order valence-electron chi connectivity index (χ1n) is 5.72. The summed E-state index contributed by atoms with van der Waals surface area (Å²) in [4.78, 5) is 24.8. The number of nitrogens with one attached hydrogen (secondary N) is 2. The van der Waals surface area contributed by atoms with E-state index in [1.54, 1.807) is 6.07 Å². The molecule has 0 spiro atoms. The molecule has 2 heterocycles. The lowest BCUT2D eigenvalue weighted by atomic mass is 10.1. The standard InChI is InChI=1S/C12H9ClFN5O/c13-6-2-1-3-7(14)5(6)4-8-16-9-10(17-8)18-12(15)19-11(9)20/h1-3H,4H2,(H4,15,16,17,18,19,20). The third-order valence-electron chi connectivity index (χ3n) is 2.83. The fourth-order valence-corrected chi connectivity index (χ4v) is 2.15. The molecule has 0 radical (unpaired) electrons. The second-order valence-electron chi connectivity index (χ2n) is 4.21. The molecule has 0 fully saturated rings. The summed E-state index contributed by atoms with van der Waals surface area (Å²) in [7, 11) is 0. The Morgan fingerprint density at radius 1 is 1.30 bits per heavy atom. The summed E-state index contributed by atoms with van der Waals surface area (Å²) < 4.78 is 13.7. The van der Waals surface area contributed by atoms with Gasteiger partial charge in [0.2, 0.25) is 5.95 Å². The Hall–Kier alpha value is -2.41. The molecule has 102 valence electrons. The predicted molar refractivity (Wildman–Crippen MR) is 73.1 cm³/mol. The van der Waals surface area contributed by atoms with Crippen LogP contribution in [0.2, 0.25) is 5.02 Å². The Bertz CT molecular complexity index is 836. The molecule has 3 aromatic rings. The zero-order valence-corrected chi connectivity index (χ0v) is 10.8. The van der Waals surface area contributed by atoms with E-state index < -0.39 is 11.4 Å². The van der Waals surface area contributed by atoms with Crippen LogP contribution in [0.15, 0.2) is 23.0 Å². The molecule has 1 aromatic carbocycles. The number of benzene rings is 1. The van der Waals surface area contributed by atoms with Crippen molar-refractivity contribution in [2.45, 2.75) is 6.42 Å². The van der Waals surface area contributed by atoms with E-state index in [4.69, 9.17) is 17.3 Å². The Morgan fingerprint density at radius 3 is 2.85 bits per heavy atom. The van der Waals surface area contributed by atoms with E-state index in [1.165, 1.54) is 12.1 Å². The predicted octanol–water partition coefficient (Wildman–Crippen LogP) is 1.61. The van der Waals surface area contributed by atoms with Crippen molar-refractivity contribution in [1.29, 1.82) is 0 Å². The van der Waals surface area contributed by atoms with E-state index in [2.05, 4.69) is 19.9 Å². The highest BCUT2D eigenvalue weighted by atomic mass is 35.5. The maximum absolute atomic E-state index is 13.7. The van der Waals surface area contributed by atoms with E-state index in [-0.39, 0.29) is 23.5 Å². The lowest BCUT2D eigenvalue weighted by molar-refractivity contribution is 0.612. The van der Waals surface area contributed by atoms with E-state index >= 15 is 0 Å². The molecule has 2 aromatic heterocycles. The fraction of sp³-hybridized carbons (Fsp3) is 0.0833. The summed E-state index contributed by atoms with van der Waals surface area (Å²) in [6.45, 7) is 0. The van der Waals surface area contributed by atoms with E-state index in [0.29, 0.717) is 16.4 Å². The summed E-state index contributed by atoms with van der Waals surface area (Å²) in [5, 5.41) is 0.298. The van der Waals surface area contributed by atoms with Gasteiger partial charge in [-0.15, -0.1) is 0 Å². The third kappa shape index (κ3) is 2.12. The van der Waals surface area contributed by atoms with Gasteiger partial charge in [-0.1, -0.05) is 17.7 Å². The monoisotopic (exact) mass is 293 g/mol. The molecule has 0 bridgehead atoms. The number of anilines is 1. The molecule has 0 aliphatic rings. The molecule has 0 atom stereocenters. The molecule has 0 amide bonds. The first-order valence-corrected chi connectivity index (χ1v) is 6.09. The van der Waals surface area contributed by atoms with Gasteiger partial charge in [-0.05, 0) is 12.1 Å². The molecule has 0 saturated carbocycles. The Balaban J connectivity index is 2.08. The smallest absolute Gasteiger partial charge is 0.278 e. The van der Waals surface area contributed by atoms with Crippen LogP contribution >= 0.6 is 11.6 Å². The van der Waals surface area contributed by atoms with Gasteiger partial charge in [-0.25, -0.2) is 9.37 Å². The number of fused-ring (bicyclic) bond motifs is 1. The van der Waals surface area contributed by atoms with Crippen molar-refractivity contribution in [2.75, 3.05) is 5.73 Å². The zero-order chi connectivity index (χ0) is 14.3. The van der Waals surface area contributed by atoms with Crippen molar-refractivity contribution < 1.29 is 4.39 Å². The summed E-state index contributed by atoms with van der Waals surface area (Å²) in [6, 6.07) is 4.42. The van der Waals surface area contributed by atoms with E-state index in [1.807, 2.05) is 0 Å². The maximum atomic E-state index is 13.7. The van der Waals surface area contributed by atoms with E-state index in [0.717, 1.165) is 0 Å². The summed E-state index contributed by atoms with van der Waals surface area (Å²) >= 11 is 5.95. The number of aromatic nitrogens is 4. The quantitative estimate of drug-likeness (QED) is 0.668. The van der Waals surface area contributed by atoms with Crippen LogP contribution < -0.4 is 11.3 Å². The maximum Gasteiger partial charge on any atom is 0.278 e. The lowest BCUT2D eigenvalue weighted by Crippen LogP contribution is -2.10. The second-order valence-corrected chi connectivity index (χ2v) is 4.62. The topological polar surface area (TPSA) is 100 Å². The molecule has 4 N–H and O–H groups in total. The second kappa shape index (κ2) is 4.61. The largest absolute Gasteiger partial charge is 0.369 e. The van der Waals surface area contributed by atoms with Gasteiger partial charge >= 0.3 is 0 Å². The normalized spacial score (nSPS) is 11.1. The number of aromatic amines is 2. The highest BCUT2D eigenvalue weighted by Crippen LogP contribution is 2.21. The van der Waals surface area contributed by atoms with E-state index in [9.17, 15) is 9.18 Å². The van der Waals surface area contributed by atoms with Crippen molar-refractivity contribution in [3.05, 3.63) is 50.8 Å². The first kappa shape index (κ1) is 12.6. The number of rotatable bonds is 2. The number of imidazole rings is 1. The molecule has 0 saturated heterocycles. The van der Waals surface area contributed by atoms with Crippen LogP contribution in [-0.4, -0.2) is 19.9 Å². The molecule has 0 aliphatic heterocycles. The lowest BCUT2D eigenvalue weighted by Gasteiger charge is -2.02. The molecular formula is C12H9ClFN5O. The van der Waals surface area contributed by atoms with Crippen molar-refractivity contribution in [3.63, 3.8) is 0 Å². The number of nitrogen functional groups attached to an aromatic ring is 1. The summed E-state index contributed by atoms with van der Waals surface area (Å²) in [5.41, 5.74) is 5.70. The van der Waals surface area contributed by atoms with Gasteiger partial charge in [0.15, 0.2) is 11.2 Å². The molecule has 8 heteroatoms. The molecular weight excluding hydrogens is 285 g/mol. The number of halogens is 2. The number of nitrogens with two attached hydrogens (primary N) is 1. The average molecular weight is 294 g/mol. The van der Waals surface area contributed by atoms with Crippen molar-refractivity contribution in [1.82, 2.24) is 19.9 Å². The first-order chi connectivity index (χ1) is 9.54. The Labute approximate surface area is 116 Å². The minimum absolute atomic E-state index is 0.0236. The highest BCUT2D eigenvalue weighted by molar-refractivity contribution is 6.31. The van der Waals surface area contributed by atoms with Crippen LogP contribution in [0.4, 0.5) is 10.3 Å². The summed E-state index contributed by atoms with van der Waals surface area (Å²) in [6.07, 6.45) is 0.126. The Morgan fingerprint density at radius 2 is 2.10 bits per heavy atom. The van der Waals surface area contributed by atoms with Crippen molar-refractivity contribution >= 4 is 28.7 Å². The van der Waals surface area contributed by atoms with Crippen molar-refractivity contribution in [2.24, 2.45) is 0 Å². The van der Waals surface area contributed by atoms with Crippen molar-refractivity contribution in [3.8, 4) is 0 Å². The van der Waals surface area contributed by atoms with Gasteiger partial charge in [0.1, 0.15) is 11.6 Å². The van der Waals surface area contributed by atoms with Gasteiger partial charge in [-0.2, -0.15) is 4.98 Å². The third-order valence-corrected chi connectivity index (χ3v) is 3.19. The SMILES string of the molecule is Nc1nc2nc(Cc3c(F)cccc3Cl)[nH]c2c(=O)[nH]1. The van der Waals surface area contributed by atoms with Crippen LogP contribution in [0.3, 0.4) is 0 Å². The fourth-order valence-electron chi connectivity index (χ4n) is 1.92. The average Bonchev–Trinajstić information content (AvgIpc) is 2.77. The van der Waals surface area contributed by atoms with Crippen LogP contribution in [-0.2, 0) is 6.42 Å². The molecule has 6 nitrogen and oxygen atoms in total. The molecule has 20 heavy (non-hydrogen) atoms. The van der Waals surface area contributed by atoms with Gasteiger partial charge in [0.25, 0.3) is 5.56 Å².